The Kier molecular flexibility index (Phi) is 6.19. The van der Waals surface area contributed by atoms with Crippen molar-refractivity contribution in [1.29, 1.82) is 0 Å². The third-order valence-electron chi connectivity index (χ3n) is 4.04. The third kappa shape index (κ3) is 4.34. The lowest BCUT2D eigenvalue weighted by atomic mass is 10.1. The van der Waals surface area contributed by atoms with E-state index in [1.54, 1.807) is 25.2 Å². The van der Waals surface area contributed by atoms with Crippen molar-refractivity contribution in [2.24, 2.45) is 4.99 Å². The van der Waals surface area contributed by atoms with Gasteiger partial charge in [-0.3, -0.25) is 9.69 Å². The van der Waals surface area contributed by atoms with E-state index in [-0.39, 0.29) is 5.91 Å². The number of nitrogens with zero attached hydrogens (tertiary/aromatic N) is 2. The van der Waals surface area contributed by atoms with Gasteiger partial charge in [-0.15, -0.1) is 0 Å². The van der Waals surface area contributed by atoms with Gasteiger partial charge in [-0.2, -0.15) is 0 Å². The lowest BCUT2D eigenvalue weighted by Crippen LogP contribution is -2.29. The van der Waals surface area contributed by atoms with Crippen molar-refractivity contribution in [2.45, 2.75) is 13.3 Å². The zero-order valence-corrected chi connectivity index (χ0v) is 16.5. The van der Waals surface area contributed by atoms with E-state index in [9.17, 15) is 4.79 Å². The molecule has 2 aromatic carbocycles. The summed E-state index contributed by atoms with van der Waals surface area (Å²) >= 11 is 1.39. The summed E-state index contributed by atoms with van der Waals surface area (Å²) in [5.41, 5.74) is 1.66. The van der Waals surface area contributed by atoms with E-state index >= 15 is 0 Å². The Labute approximate surface area is 163 Å². The predicted molar refractivity (Wildman–Crippen MR) is 111 cm³/mol. The van der Waals surface area contributed by atoms with Crippen LogP contribution in [0.2, 0.25) is 0 Å². The van der Waals surface area contributed by atoms with E-state index in [2.05, 4.69) is 4.99 Å². The number of carbonyl (C=O) groups is 1. The molecule has 0 atom stereocenters. The predicted octanol–water partition coefficient (Wildman–Crippen LogP) is 4.72. The van der Waals surface area contributed by atoms with Crippen LogP contribution in [0.15, 0.2) is 58.4 Å². The highest BCUT2D eigenvalue weighted by molar-refractivity contribution is 8.18. The highest BCUT2D eigenvalue weighted by Crippen LogP contribution is 2.36. The first-order chi connectivity index (χ1) is 13.2. The van der Waals surface area contributed by atoms with E-state index in [0.717, 1.165) is 17.7 Å². The number of thioether (sulfide) groups is 1. The second-order valence-corrected chi connectivity index (χ2v) is 6.91. The van der Waals surface area contributed by atoms with E-state index in [0.29, 0.717) is 28.1 Å². The van der Waals surface area contributed by atoms with Crippen LogP contribution in [-0.4, -0.2) is 36.7 Å². The van der Waals surface area contributed by atoms with Gasteiger partial charge >= 0.3 is 0 Å². The molecule has 1 amide bonds. The minimum absolute atomic E-state index is 0.0330. The monoisotopic (exact) mass is 382 g/mol. The number of para-hydroxylation sites is 1. The van der Waals surface area contributed by atoms with Gasteiger partial charge in [-0.1, -0.05) is 25.1 Å². The summed E-state index contributed by atoms with van der Waals surface area (Å²) in [6, 6.07) is 15.2. The Hall–Kier alpha value is -2.73. The smallest absolute Gasteiger partial charge is 0.266 e. The topological polar surface area (TPSA) is 51.1 Å². The third-order valence-corrected chi connectivity index (χ3v) is 5.05. The molecule has 0 bridgehead atoms. The Balaban J connectivity index is 1.96. The number of hydrogen-bond donors (Lipinski definition) is 0. The first-order valence-corrected chi connectivity index (χ1v) is 9.55. The van der Waals surface area contributed by atoms with Crippen LogP contribution in [0.3, 0.4) is 0 Å². The van der Waals surface area contributed by atoms with Gasteiger partial charge in [0.2, 0.25) is 0 Å². The first-order valence-electron chi connectivity index (χ1n) is 8.73. The molecule has 0 N–H and O–H groups in total. The number of ether oxygens (including phenoxy) is 2. The second-order valence-electron chi connectivity index (χ2n) is 5.91. The van der Waals surface area contributed by atoms with Crippen LogP contribution in [0.4, 0.5) is 5.69 Å². The summed E-state index contributed by atoms with van der Waals surface area (Å²) in [7, 11) is 3.21. The molecule has 140 valence electrons. The molecule has 1 aliphatic heterocycles. The number of carbonyl (C=O) groups excluding carboxylic acids is 1. The second kappa shape index (κ2) is 8.77. The highest BCUT2D eigenvalue weighted by atomic mass is 32.2. The van der Waals surface area contributed by atoms with Gasteiger partial charge in [0.25, 0.3) is 5.91 Å². The summed E-state index contributed by atoms with van der Waals surface area (Å²) in [4.78, 5) is 19.9. The van der Waals surface area contributed by atoms with Crippen LogP contribution in [0.5, 0.6) is 11.5 Å². The largest absolute Gasteiger partial charge is 0.497 e. The lowest BCUT2D eigenvalue weighted by Gasteiger charge is -2.13. The molecule has 0 saturated carbocycles. The molecular weight excluding hydrogens is 360 g/mol. The molecule has 0 spiro atoms. The van der Waals surface area contributed by atoms with Gasteiger partial charge in [0.15, 0.2) is 5.17 Å². The minimum atomic E-state index is -0.0330. The van der Waals surface area contributed by atoms with Crippen molar-refractivity contribution < 1.29 is 14.3 Å². The minimum Gasteiger partial charge on any atom is -0.497 e. The zero-order valence-electron chi connectivity index (χ0n) is 15.6. The van der Waals surface area contributed by atoms with Crippen LogP contribution in [0.1, 0.15) is 18.9 Å². The van der Waals surface area contributed by atoms with Gasteiger partial charge < -0.3 is 9.47 Å². The van der Waals surface area contributed by atoms with Crippen molar-refractivity contribution in [1.82, 2.24) is 4.90 Å². The fourth-order valence-corrected chi connectivity index (χ4v) is 3.72. The molecule has 1 fully saturated rings. The van der Waals surface area contributed by atoms with Crippen LogP contribution in [0, 0.1) is 0 Å². The molecule has 1 heterocycles. The van der Waals surface area contributed by atoms with Gasteiger partial charge in [0.05, 0.1) is 24.8 Å². The van der Waals surface area contributed by atoms with Gasteiger partial charge in [-0.05, 0) is 48.5 Å². The van der Waals surface area contributed by atoms with Crippen molar-refractivity contribution in [3.05, 3.63) is 59.0 Å². The number of methoxy groups -OCH3 is 2. The molecule has 3 rings (SSSR count). The van der Waals surface area contributed by atoms with Crippen LogP contribution in [-0.2, 0) is 4.79 Å². The molecule has 0 unspecified atom stereocenters. The number of benzene rings is 2. The average molecular weight is 382 g/mol. The Morgan fingerprint density at radius 1 is 1.11 bits per heavy atom. The summed E-state index contributed by atoms with van der Waals surface area (Å²) in [6.45, 7) is 2.68. The van der Waals surface area contributed by atoms with Gasteiger partial charge in [-0.25, -0.2) is 4.99 Å². The van der Waals surface area contributed by atoms with Crippen molar-refractivity contribution >= 4 is 34.6 Å². The van der Waals surface area contributed by atoms with Crippen molar-refractivity contribution in [3.63, 3.8) is 0 Å². The van der Waals surface area contributed by atoms with Crippen LogP contribution >= 0.6 is 11.8 Å². The molecule has 0 aliphatic carbocycles. The molecule has 27 heavy (non-hydrogen) atoms. The molecule has 5 nitrogen and oxygen atoms in total. The fourth-order valence-electron chi connectivity index (χ4n) is 2.70. The van der Waals surface area contributed by atoms with E-state index in [4.69, 9.17) is 9.47 Å². The summed E-state index contributed by atoms with van der Waals surface area (Å²) < 4.78 is 10.7. The Morgan fingerprint density at radius 2 is 1.89 bits per heavy atom. The fraction of sp³-hybridized carbons (Fsp3) is 0.238. The normalized spacial score (nSPS) is 17.0. The maximum absolute atomic E-state index is 12.9. The SMILES string of the molecule is CCCN1C(=O)/C(=C/c2ccc(OC)cc2OC)SC1=Nc1ccccc1. The molecular formula is C21H22N2O3S. The average Bonchev–Trinajstić information content (AvgIpc) is 2.98. The first kappa shape index (κ1) is 19.0. The number of hydrogen-bond acceptors (Lipinski definition) is 5. The molecule has 6 heteroatoms. The summed E-state index contributed by atoms with van der Waals surface area (Å²) in [5.74, 6) is 1.33. The number of rotatable bonds is 6. The van der Waals surface area contributed by atoms with Crippen LogP contribution in [0.25, 0.3) is 6.08 Å². The maximum atomic E-state index is 12.9. The molecule has 2 aromatic rings. The number of amides is 1. The van der Waals surface area contributed by atoms with Gasteiger partial charge in [0.1, 0.15) is 11.5 Å². The Bertz CT molecular complexity index is 878. The van der Waals surface area contributed by atoms with Crippen molar-refractivity contribution in [2.75, 3.05) is 20.8 Å². The Morgan fingerprint density at radius 3 is 2.56 bits per heavy atom. The zero-order chi connectivity index (χ0) is 19.2. The molecule has 1 aliphatic rings. The standard InChI is InChI=1S/C21H22N2O3S/c1-4-12-23-20(24)19(27-21(23)22-16-8-6-5-7-9-16)13-15-10-11-17(25-2)14-18(15)26-3/h5-11,13-14H,4,12H2,1-3H3/b19-13-,22-21?. The quantitative estimate of drug-likeness (QED) is 0.679. The van der Waals surface area contributed by atoms with Crippen molar-refractivity contribution in [3.8, 4) is 11.5 Å². The molecule has 0 radical (unpaired) electrons. The van der Waals surface area contributed by atoms with E-state index in [1.807, 2.05) is 55.5 Å². The highest BCUT2D eigenvalue weighted by Gasteiger charge is 2.33. The van der Waals surface area contributed by atoms with E-state index in [1.165, 1.54) is 11.8 Å². The summed E-state index contributed by atoms with van der Waals surface area (Å²) in [5, 5.41) is 0.701. The number of aliphatic imine (C=N–C) groups is 1. The summed E-state index contributed by atoms with van der Waals surface area (Å²) in [6.07, 6.45) is 2.71. The maximum Gasteiger partial charge on any atom is 0.266 e. The van der Waals surface area contributed by atoms with Gasteiger partial charge in [0, 0.05) is 18.2 Å². The molecule has 1 saturated heterocycles. The lowest BCUT2D eigenvalue weighted by molar-refractivity contribution is -0.122. The molecule has 0 aromatic heterocycles. The van der Waals surface area contributed by atoms with E-state index < -0.39 is 0 Å². The number of amidine groups is 1. The van der Waals surface area contributed by atoms with Crippen LogP contribution < -0.4 is 9.47 Å².